The molecular formula is C15H22F3NO4. The van der Waals surface area contributed by atoms with Gasteiger partial charge in [-0.05, 0) is 32.1 Å². The Labute approximate surface area is 132 Å². The van der Waals surface area contributed by atoms with Gasteiger partial charge in [-0.15, -0.1) is 0 Å². The van der Waals surface area contributed by atoms with E-state index >= 15 is 0 Å². The summed E-state index contributed by atoms with van der Waals surface area (Å²) < 4.78 is 43.7. The first-order valence-electron chi connectivity index (χ1n) is 7.83. The SMILES string of the molecule is COCC1(C(=O)O)CCCN1C(=O)C1CCCC(C(F)(F)F)C1. The summed E-state index contributed by atoms with van der Waals surface area (Å²) in [6.07, 6.45) is -3.03. The number of likely N-dealkylation sites (tertiary alicyclic amines) is 1. The highest BCUT2D eigenvalue weighted by atomic mass is 19.4. The summed E-state index contributed by atoms with van der Waals surface area (Å²) in [4.78, 5) is 25.6. The van der Waals surface area contributed by atoms with Crippen molar-refractivity contribution in [2.75, 3.05) is 20.3 Å². The minimum Gasteiger partial charge on any atom is -0.479 e. The molecule has 3 unspecified atom stereocenters. The van der Waals surface area contributed by atoms with Crippen LogP contribution in [0.2, 0.25) is 0 Å². The summed E-state index contributed by atoms with van der Waals surface area (Å²) in [5.74, 6) is -3.87. The van der Waals surface area contributed by atoms with Crippen molar-refractivity contribution in [2.24, 2.45) is 11.8 Å². The smallest absolute Gasteiger partial charge is 0.391 e. The molecule has 1 saturated heterocycles. The van der Waals surface area contributed by atoms with Crippen molar-refractivity contribution in [1.29, 1.82) is 0 Å². The topological polar surface area (TPSA) is 66.8 Å². The summed E-state index contributed by atoms with van der Waals surface area (Å²) in [5, 5.41) is 9.54. The molecule has 1 amide bonds. The zero-order valence-electron chi connectivity index (χ0n) is 13.1. The molecule has 0 aromatic heterocycles. The molecule has 2 aliphatic rings. The third kappa shape index (κ3) is 3.46. The lowest BCUT2D eigenvalue weighted by Crippen LogP contribution is -2.57. The van der Waals surface area contributed by atoms with Gasteiger partial charge in [0.25, 0.3) is 0 Å². The van der Waals surface area contributed by atoms with Crippen LogP contribution in [-0.4, -0.2) is 53.9 Å². The summed E-state index contributed by atoms with van der Waals surface area (Å²) in [6.45, 7) is 0.102. The minimum atomic E-state index is -4.31. The predicted octanol–water partition coefficient (Wildman–Crippen LogP) is 2.45. The maximum atomic E-state index is 12.9. The van der Waals surface area contributed by atoms with Crippen LogP contribution < -0.4 is 0 Å². The zero-order valence-corrected chi connectivity index (χ0v) is 13.1. The van der Waals surface area contributed by atoms with E-state index in [9.17, 15) is 27.9 Å². The number of amides is 1. The first-order chi connectivity index (χ1) is 10.7. The van der Waals surface area contributed by atoms with Crippen LogP contribution in [0.25, 0.3) is 0 Å². The number of aliphatic carboxylic acids is 1. The van der Waals surface area contributed by atoms with Gasteiger partial charge in [0.15, 0.2) is 5.54 Å². The average Bonchev–Trinajstić information content (AvgIpc) is 2.91. The summed E-state index contributed by atoms with van der Waals surface area (Å²) >= 11 is 0. The van der Waals surface area contributed by atoms with Gasteiger partial charge in [-0.25, -0.2) is 4.79 Å². The number of hydrogen-bond donors (Lipinski definition) is 1. The molecule has 1 aliphatic carbocycles. The van der Waals surface area contributed by atoms with E-state index in [1.165, 1.54) is 12.0 Å². The third-order valence-electron chi connectivity index (χ3n) is 5.02. The molecule has 1 heterocycles. The molecule has 3 atom stereocenters. The fourth-order valence-electron chi connectivity index (χ4n) is 3.80. The zero-order chi connectivity index (χ0) is 17.3. The molecule has 2 fully saturated rings. The van der Waals surface area contributed by atoms with E-state index in [0.717, 1.165) is 0 Å². The molecule has 8 heteroatoms. The Morgan fingerprint density at radius 1 is 1.30 bits per heavy atom. The number of ether oxygens (including phenoxy) is 1. The van der Waals surface area contributed by atoms with E-state index in [-0.39, 0.29) is 32.4 Å². The van der Waals surface area contributed by atoms with Gasteiger partial charge in [0.2, 0.25) is 5.91 Å². The van der Waals surface area contributed by atoms with Crippen molar-refractivity contribution in [3.05, 3.63) is 0 Å². The maximum absolute atomic E-state index is 12.9. The molecule has 1 saturated carbocycles. The highest BCUT2D eigenvalue weighted by Crippen LogP contribution is 2.42. The van der Waals surface area contributed by atoms with Gasteiger partial charge in [-0.1, -0.05) is 6.42 Å². The Balaban J connectivity index is 2.16. The lowest BCUT2D eigenvalue weighted by molar-refractivity contribution is -0.188. The van der Waals surface area contributed by atoms with E-state index in [2.05, 4.69) is 0 Å². The average molecular weight is 337 g/mol. The molecule has 0 bridgehead atoms. The molecule has 0 radical (unpaired) electrons. The third-order valence-corrected chi connectivity index (χ3v) is 5.02. The molecule has 23 heavy (non-hydrogen) atoms. The number of carbonyl (C=O) groups is 2. The fraction of sp³-hybridized carbons (Fsp3) is 0.867. The first kappa shape index (κ1) is 18.0. The number of halogens is 3. The lowest BCUT2D eigenvalue weighted by Gasteiger charge is -2.38. The van der Waals surface area contributed by atoms with Gasteiger partial charge >= 0.3 is 12.1 Å². The Hall–Kier alpha value is -1.31. The fourth-order valence-corrected chi connectivity index (χ4v) is 3.80. The molecule has 132 valence electrons. The highest BCUT2D eigenvalue weighted by molar-refractivity contribution is 5.89. The number of hydrogen-bond acceptors (Lipinski definition) is 3. The van der Waals surface area contributed by atoms with Gasteiger partial charge in [-0.3, -0.25) is 4.79 Å². The molecule has 0 aromatic rings. The summed E-state index contributed by atoms with van der Waals surface area (Å²) in [7, 11) is 1.35. The van der Waals surface area contributed by atoms with Gasteiger partial charge in [-0.2, -0.15) is 13.2 Å². The quantitative estimate of drug-likeness (QED) is 0.856. The number of carbonyl (C=O) groups excluding carboxylic acids is 1. The van der Waals surface area contributed by atoms with Gasteiger partial charge < -0.3 is 14.7 Å². The number of carboxylic acid groups (broad SMARTS) is 1. The number of rotatable bonds is 4. The molecule has 2 rings (SSSR count). The van der Waals surface area contributed by atoms with Crippen LogP contribution in [0.1, 0.15) is 38.5 Å². The number of carboxylic acids is 1. The van der Waals surface area contributed by atoms with E-state index in [1.54, 1.807) is 0 Å². The van der Waals surface area contributed by atoms with Crippen LogP contribution in [-0.2, 0) is 14.3 Å². The lowest BCUT2D eigenvalue weighted by atomic mass is 9.80. The van der Waals surface area contributed by atoms with Gasteiger partial charge in [0, 0.05) is 19.6 Å². The normalized spacial score (nSPS) is 32.1. The van der Waals surface area contributed by atoms with Crippen molar-refractivity contribution >= 4 is 11.9 Å². The Morgan fingerprint density at radius 3 is 2.57 bits per heavy atom. The van der Waals surface area contributed by atoms with Crippen LogP contribution in [0.4, 0.5) is 13.2 Å². The van der Waals surface area contributed by atoms with Crippen LogP contribution >= 0.6 is 0 Å². The van der Waals surface area contributed by atoms with E-state index in [1.807, 2.05) is 0 Å². The monoisotopic (exact) mass is 337 g/mol. The maximum Gasteiger partial charge on any atom is 0.391 e. The Morgan fingerprint density at radius 2 is 2.00 bits per heavy atom. The van der Waals surface area contributed by atoms with Crippen LogP contribution in [0.15, 0.2) is 0 Å². The predicted molar refractivity (Wildman–Crippen MR) is 74.7 cm³/mol. The molecule has 0 spiro atoms. The minimum absolute atomic E-state index is 0.0371. The molecule has 1 aliphatic heterocycles. The van der Waals surface area contributed by atoms with E-state index < -0.39 is 35.4 Å². The second-order valence-electron chi connectivity index (χ2n) is 6.47. The van der Waals surface area contributed by atoms with Crippen molar-refractivity contribution in [2.45, 2.75) is 50.2 Å². The van der Waals surface area contributed by atoms with Crippen molar-refractivity contribution < 1.29 is 32.6 Å². The number of methoxy groups -OCH3 is 1. The van der Waals surface area contributed by atoms with Crippen molar-refractivity contribution in [1.82, 2.24) is 4.90 Å². The second kappa shape index (κ2) is 6.67. The van der Waals surface area contributed by atoms with Gasteiger partial charge in [0.1, 0.15) is 0 Å². The summed E-state index contributed by atoms with van der Waals surface area (Å²) in [5.41, 5.74) is -1.45. The van der Waals surface area contributed by atoms with E-state index in [0.29, 0.717) is 19.3 Å². The van der Waals surface area contributed by atoms with Crippen LogP contribution in [0.3, 0.4) is 0 Å². The Bertz CT molecular complexity index is 468. The molecule has 5 nitrogen and oxygen atoms in total. The van der Waals surface area contributed by atoms with E-state index in [4.69, 9.17) is 4.74 Å². The van der Waals surface area contributed by atoms with Crippen LogP contribution in [0.5, 0.6) is 0 Å². The van der Waals surface area contributed by atoms with Crippen LogP contribution in [0, 0.1) is 11.8 Å². The first-order valence-corrected chi connectivity index (χ1v) is 7.83. The van der Waals surface area contributed by atoms with Crippen molar-refractivity contribution in [3.63, 3.8) is 0 Å². The van der Waals surface area contributed by atoms with Crippen molar-refractivity contribution in [3.8, 4) is 0 Å². The Kier molecular flexibility index (Phi) is 5.23. The largest absolute Gasteiger partial charge is 0.479 e. The second-order valence-corrected chi connectivity index (χ2v) is 6.47. The summed E-state index contributed by atoms with van der Waals surface area (Å²) in [6, 6.07) is 0. The highest BCUT2D eigenvalue weighted by Gasteiger charge is 2.52. The molecule has 0 aromatic carbocycles. The number of alkyl halides is 3. The number of nitrogens with zero attached hydrogens (tertiary/aromatic N) is 1. The standard InChI is InChI=1S/C15H22F3NO4/c1-23-9-14(13(21)22)6-3-7-19(14)12(20)10-4-2-5-11(8-10)15(16,17)18/h10-11H,2-9H2,1H3,(H,21,22). The molecular weight excluding hydrogens is 315 g/mol. The van der Waals surface area contributed by atoms with Gasteiger partial charge in [0.05, 0.1) is 12.5 Å². The molecule has 1 N–H and O–H groups in total.